The molecule has 0 fully saturated rings. The van der Waals surface area contributed by atoms with Crippen molar-refractivity contribution in [1.82, 2.24) is 20.8 Å². The smallest absolute Gasteiger partial charge is 0.272 e. The maximum Gasteiger partial charge on any atom is 0.272 e. The van der Waals surface area contributed by atoms with Gasteiger partial charge in [-0.05, 0) is 24.0 Å². The number of aromatic amines is 1. The number of hydrogen-bond donors (Lipinski definition) is 3. The average molecular weight is 339 g/mol. The second-order valence-corrected chi connectivity index (χ2v) is 5.87. The van der Waals surface area contributed by atoms with E-state index in [2.05, 4.69) is 33.0 Å². The van der Waals surface area contributed by atoms with E-state index in [1.807, 2.05) is 18.4 Å². The highest BCUT2D eigenvalue weighted by Gasteiger charge is 2.21. The molecule has 0 saturated heterocycles. The molecule has 2 aromatic rings. The number of carbonyl (C=O) groups excluding carboxylic acids is 1. The van der Waals surface area contributed by atoms with Gasteiger partial charge < -0.3 is 10.6 Å². The van der Waals surface area contributed by atoms with Crippen LogP contribution in [0.15, 0.2) is 29.2 Å². The Morgan fingerprint density at radius 2 is 2.14 bits per heavy atom. The molecule has 1 aromatic carbocycles. The first kappa shape index (κ1) is 16.9. The largest absolute Gasteiger partial charge is 0.347 e. The lowest BCUT2D eigenvalue weighted by molar-refractivity contribution is 0.0944. The summed E-state index contributed by atoms with van der Waals surface area (Å²) < 4.78 is 0. The van der Waals surface area contributed by atoms with Crippen molar-refractivity contribution in [2.24, 2.45) is 0 Å². The van der Waals surface area contributed by atoms with E-state index in [0.717, 1.165) is 29.8 Å². The number of nitrogens with zero attached hydrogens (tertiary/aromatic N) is 1. The first-order chi connectivity index (χ1) is 10.3. The second kappa shape index (κ2) is 7.67. The number of benzene rings is 1. The van der Waals surface area contributed by atoms with E-state index in [4.69, 9.17) is 0 Å². The third kappa shape index (κ3) is 3.63. The number of amides is 1. The molecule has 0 radical (unpaired) electrons. The van der Waals surface area contributed by atoms with E-state index in [9.17, 15) is 4.79 Å². The number of H-pyrrole nitrogens is 1. The summed E-state index contributed by atoms with van der Waals surface area (Å²) in [4.78, 5) is 13.5. The van der Waals surface area contributed by atoms with Gasteiger partial charge in [0.2, 0.25) is 0 Å². The zero-order chi connectivity index (χ0) is 14.7. The third-order valence-corrected chi connectivity index (χ3v) is 4.38. The zero-order valence-corrected chi connectivity index (χ0v) is 13.9. The zero-order valence-electron chi connectivity index (χ0n) is 12.3. The Bertz CT molecular complexity index is 641. The minimum Gasteiger partial charge on any atom is -0.347 e. The van der Waals surface area contributed by atoms with Crippen LogP contribution in [0.25, 0.3) is 0 Å². The Morgan fingerprint density at radius 3 is 2.86 bits per heavy atom. The van der Waals surface area contributed by atoms with Crippen LogP contribution in [0.1, 0.15) is 27.3 Å². The normalized spacial score (nSPS) is 13.1. The van der Waals surface area contributed by atoms with Crippen LogP contribution in [0.5, 0.6) is 0 Å². The van der Waals surface area contributed by atoms with Crippen LogP contribution in [0.3, 0.4) is 0 Å². The van der Waals surface area contributed by atoms with Crippen LogP contribution < -0.4 is 10.6 Å². The topological polar surface area (TPSA) is 69.8 Å². The van der Waals surface area contributed by atoms with Gasteiger partial charge in [0.15, 0.2) is 5.69 Å². The first-order valence-electron chi connectivity index (χ1n) is 6.96. The minimum atomic E-state index is -0.120. The van der Waals surface area contributed by atoms with Crippen molar-refractivity contribution in [1.29, 1.82) is 0 Å². The van der Waals surface area contributed by atoms with Gasteiger partial charge >= 0.3 is 0 Å². The highest BCUT2D eigenvalue weighted by Crippen LogP contribution is 2.16. The monoisotopic (exact) mass is 338 g/mol. The molecule has 0 aliphatic carbocycles. The molecule has 1 aliphatic rings. The number of nitrogens with one attached hydrogen (secondary N) is 3. The molecular weight excluding hydrogens is 320 g/mol. The molecule has 5 nitrogen and oxygen atoms in total. The summed E-state index contributed by atoms with van der Waals surface area (Å²) >= 11 is 1.71. The number of fused-ring (bicyclic) bond motifs is 1. The van der Waals surface area contributed by atoms with Crippen LogP contribution in [-0.2, 0) is 19.5 Å². The van der Waals surface area contributed by atoms with Gasteiger partial charge in [0, 0.05) is 42.2 Å². The molecule has 2 heterocycles. The highest BCUT2D eigenvalue weighted by molar-refractivity contribution is 7.98. The molecule has 1 amide bonds. The average Bonchev–Trinajstić information content (AvgIpc) is 2.97. The molecule has 7 heteroatoms. The molecule has 1 aliphatic heterocycles. The maximum atomic E-state index is 12.2. The van der Waals surface area contributed by atoms with E-state index in [0.29, 0.717) is 18.8 Å². The quantitative estimate of drug-likeness (QED) is 0.747. The molecule has 0 saturated carbocycles. The van der Waals surface area contributed by atoms with Crippen LogP contribution in [0.4, 0.5) is 0 Å². The van der Waals surface area contributed by atoms with Gasteiger partial charge in [-0.2, -0.15) is 5.10 Å². The fourth-order valence-corrected chi connectivity index (χ4v) is 2.83. The SMILES string of the molecule is CSc1ccc(CNC(=O)c2n[nH]c3c2CNCC3)cc1.Cl. The van der Waals surface area contributed by atoms with Gasteiger partial charge in [-0.3, -0.25) is 9.89 Å². The molecule has 0 bridgehead atoms. The number of thioether (sulfide) groups is 1. The summed E-state index contributed by atoms with van der Waals surface area (Å²) in [6.07, 6.45) is 2.94. The fourth-order valence-electron chi connectivity index (χ4n) is 2.42. The van der Waals surface area contributed by atoms with Crippen molar-refractivity contribution in [2.75, 3.05) is 12.8 Å². The summed E-state index contributed by atoms with van der Waals surface area (Å²) in [7, 11) is 0. The molecule has 1 aromatic heterocycles. The van der Waals surface area contributed by atoms with E-state index in [1.165, 1.54) is 4.90 Å². The lowest BCUT2D eigenvalue weighted by Gasteiger charge is -2.12. The van der Waals surface area contributed by atoms with E-state index >= 15 is 0 Å². The number of hydrogen-bond acceptors (Lipinski definition) is 4. The Morgan fingerprint density at radius 1 is 1.36 bits per heavy atom. The lowest BCUT2D eigenvalue weighted by atomic mass is 10.1. The summed E-state index contributed by atoms with van der Waals surface area (Å²) in [5.74, 6) is -0.120. The Balaban J connectivity index is 0.00000176. The van der Waals surface area contributed by atoms with Crippen molar-refractivity contribution < 1.29 is 4.79 Å². The van der Waals surface area contributed by atoms with Crippen molar-refractivity contribution in [3.63, 3.8) is 0 Å². The van der Waals surface area contributed by atoms with Crippen LogP contribution >= 0.6 is 24.2 Å². The molecule has 0 atom stereocenters. The molecule has 3 N–H and O–H groups in total. The van der Waals surface area contributed by atoms with Gasteiger partial charge in [0.1, 0.15) is 0 Å². The number of halogens is 1. The predicted octanol–water partition coefficient (Wildman–Crippen LogP) is 2.13. The Hall–Kier alpha value is -1.50. The lowest BCUT2D eigenvalue weighted by Crippen LogP contribution is -2.28. The Kier molecular flexibility index (Phi) is 5.88. The second-order valence-electron chi connectivity index (χ2n) is 4.99. The van der Waals surface area contributed by atoms with E-state index in [1.54, 1.807) is 11.8 Å². The number of aromatic nitrogens is 2. The summed E-state index contributed by atoms with van der Waals surface area (Å²) in [5.41, 5.74) is 3.67. The van der Waals surface area contributed by atoms with Crippen LogP contribution in [-0.4, -0.2) is 28.9 Å². The molecule has 118 valence electrons. The molecule has 3 rings (SSSR count). The van der Waals surface area contributed by atoms with Gasteiger partial charge in [-0.1, -0.05) is 12.1 Å². The van der Waals surface area contributed by atoms with E-state index < -0.39 is 0 Å². The molecule has 0 spiro atoms. The van der Waals surface area contributed by atoms with Crippen molar-refractivity contribution in [2.45, 2.75) is 24.4 Å². The van der Waals surface area contributed by atoms with Gasteiger partial charge in [-0.25, -0.2) is 0 Å². The summed E-state index contributed by atoms with van der Waals surface area (Å²) in [6.45, 7) is 2.15. The summed E-state index contributed by atoms with van der Waals surface area (Å²) in [6, 6.07) is 8.19. The third-order valence-electron chi connectivity index (χ3n) is 3.63. The van der Waals surface area contributed by atoms with Gasteiger partial charge in [0.05, 0.1) is 0 Å². The standard InChI is InChI=1S/C15H18N4OS.ClH/c1-21-11-4-2-10(3-5-11)8-17-15(20)14-12-9-16-7-6-13(12)18-19-14;/h2-5,16H,6-9H2,1H3,(H,17,20)(H,18,19);1H. The molecule has 22 heavy (non-hydrogen) atoms. The van der Waals surface area contributed by atoms with Crippen molar-refractivity contribution in [3.05, 3.63) is 46.8 Å². The number of rotatable bonds is 4. The van der Waals surface area contributed by atoms with Crippen molar-refractivity contribution >= 4 is 30.1 Å². The minimum absolute atomic E-state index is 0. The van der Waals surface area contributed by atoms with Crippen LogP contribution in [0.2, 0.25) is 0 Å². The van der Waals surface area contributed by atoms with Gasteiger partial charge in [-0.15, -0.1) is 24.2 Å². The molecular formula is C15H19ClN4OS. The highest BCUT2D eigenvalue weighted by atomic mass is 35.5. The van der Waals surface area contributed by atoms with Crippen molar-refractivity contribution in [3.8, 4) is 0 Å². The van der Waals surface area contributed by atoms with E-state index in [-0.39, 0.29) is 18.3 Å². The summed E-state index contributed by atoms with van der Waals surface area (Å²) in [5, 5.41) is 13.3. The maximum absolute atomic E-state index is 12.2. The van der Waals surface area contributed by atoms with Gasteiger partial charge in [0.25, 0.3) is 5.91 Å². The van der Waals surface area contributed by atoms with Crippen LogP contribution in [0, 0.1) is 0 Å². The number of carbonyl (C=O) groups is 1. The Labute approximate surface area is 140 Å². The molecule has 0 unspecified atom stereocenters. The predicted molar refractivity (Wildman–Crippen MR) is 90.6 cm³/mol. The fraction of sp³-hybridized carbons (Fsp3) is 0.333. The first-order valence-corrected chi connectivity index (χ1v) is 8.18.